The summed E-state index contributed by atoms with van der Waals surface area (Å²) in [6.45, 7) is 3.85. The van der Waals surface area contributed by atoms with E-state index in [0.717, 1.165) is 17.7 Å². The van der Waals surface area contributed by atoms with Crippen molar-refractivity contribution in [2.75, 3.05) is 11.4 Å². The highest BCUT2D eigenvalue weighted by Crippen LogP contribution is 2.30. The molecule has 0 radical (unpaired) electrons. The van der Waals surface area contributed by atoms with Crippen molar-refractivity contribution in [2.24, 2.45) is 0 Å². The summed E-state index contributed by atoms with van der Waals surface area (Å²) in [5, 5.41) is 4.36. The maximum Gasteiger partial charge on any atom is 0.339 e. The van der Waals surface area contributed by atoms with Gasteiger partial charge in [0.25, 0.3) is 11.6 Å². The summed E-state index contributed by atoms with van der Waals surface area (Å²) in [7, 11) is 0. The predicted octanol–water partition coefficient (Wildman–Crippen LogP) is 3.93. The minimum absolute atomic E-state index is 0.200. The number of aromatic nitrogens is 2. The van der Waals surface area contributed by atoms with E-state index < -0.39 is 12.1 Å². The van der Waals surface area contributed by atoms with Gasteiger partial charge in [0.05, 0.1) is 22.9 Å². The highest BCUT2D eigenvalue weighted by atomic mass is 16.5. The first-order valence-corrected chi connectivity index (χ1v) is 9.94. The molecule has 1 atom stereocenters. The van der Waals surface area contributed by atoms with Crippen molar-refractivity contribution in [1.29, 1.82) is 0 Å². The quantitative estimate of drug-likeness (QED) is 0.464. The average Bonchev–Trinajstić information content (AvgIpc) is 3.52. The van der Waals surface area contributed by atoms with Crippen LogP contribution < -0.4 is 4.90 Å². The van der Waals surface area contributed by atoms with Crippen molar-refractivity contribution in [3.8, 4) is 11.5 Å². The van der Waals surface area contributed by atoms with Gasteiger partial charge in [-0.2, -0.15) is 0 Å². The van der Waals surface area contributed by atoms with Crippen molar-refractivity contribution >= 4 is 28.7 Å². The van der Waals surface area contributed by atoms with Gasteiger partial charge in [-0.15, -0.1) is 0 Å². The number of para-hydroxylation sites is 1. The second-order valence-electron chi connectivity index (χ2n) is 7.40. The van der Waals surface area contributed by atoms with Gasteiger partial charge in [0.2, 0.25) is 0 Å². The van der Waals surface area contributed by atoms with Crippen LogP contribution >= 0.6 is 0 Å². The number of benzene rings is 1. The number of amides is 1. The van der Waals surface area contributed by atoms with Crippen LogP contribution in [0, 0.1) is 6.92 Å². The number of ether oxygens (including phenoxy) is 1. The molecule has 0 saturated carbocycles. The molecule has 156 valence electrons. The van der Waals surface area contributed by atoms with Crippen LogP contribution in [0.15, 0.2) is 57.7 Å². The Morgan fingerprint density at radius 1 is 1.19 bits per heavy atom. The van der Waals surface area contributed by atoms with Crippen LogP contribution in [0.2, 0.25) is 0 Å². The second kappa shape index (κ2) is 7.39. The minimum atomic E-state index is -0.964. The van der Waals surface area contributed by atoms with Gasteiger partial charge >= 0.3 is 5.97 Å². The van der Waals surface area contributed by atoms with Crippen molar-refractivity contribution in [1.82, 2.24) is 10.1 Å². The maximum atomic E-state index is 13.1. The van der Waals surface area contributed by atoms with Gasteiger partial charge in [-0.1, -0.05) is 23.4 Å². The molecule has 0 spiro atoms. The molecule has 1 amide bonds. The number of aryl methyl sites for hydroxylation is 1. The van der Waals surface area contributed by atoms with E-state index in [1.165, 1.54) is 6.26 Å². The number of esters is 1. The molecule has 1 aliphatic heterocycles. The van der Waals surface area contributed by atoms with E-state index in [0.29, 0.717) is 29.1 Å². The molecule has 1 aromatic carbocycles. The summed E-state index contributed by atoms with van der Waals surface area (Å²) < 4.78 is 16.2. The third-order valence-electron chi connectivity index (χ3n) is 5.40. The Morgan fingerprint density at radius 2 is 2.03 bits per heavy atom. The third kappa shape index (κ3) is 3.26. The van der Waals surface area contributed by atoms with Gasteiger partial charge in [-0.05, 0) is 50.1 Å². The number of fused-ring (bicyclic) bond motifs is 2. The molecule has 4 aromatic rings. The molecule has 4 heterocycles. The number of furan rings is 1. The van der Waals surface area contributed by atoms with E-state index in [-0.39, 0.29) is 17.2 Å². The summed E-state index contributed by atoms with van der Waals surface area (Å²) >= 11 is 0. The first kappa shape index (κ1) is 19.0. The lowest BCUT2D eigenvalue weighted by Crippen LogP contribution is -2.39. The monoisotopic (exact) mass is 417 g/mol. The standard InChI is InChI=1S/C23H19N3O5/c1-13-20-16(12-17(19-8-5-11-29-19)24-21(20)31-25-13)23(28)30-14(2)22(27)26-10-9-15-6-3-4-7-18(15)26/h3-8,11-12,14H,9-10H2,1-2H3/t14-/m0/s1. The lowest BCUT2D eigenvalue weighted by Gasteiger charge is -2.21. The van der Waals surface area contributed by atoms with E-state index in [4.69, 9.17) is 13.7 Å². The van der Waals surface area contributed by atoms with Crippen molar-refractivity contribution in [2.45, 2.75) is 26.4 Å². The smallest absolute Gasteiger partial charge is 0.339 e. The molecule has 8 nitrogen and oxygen atoms in total. The molecule has 0 fully saturated rings. The molecule has 5 rings (SSSR count). The molecule has 0 saturated heterocycles. The van der Waals surface area contributed by atoms with Crippen LogP contribution in [0.5, 0.6) is 0 Å². The Kier molecular flexibility index (Phi) is 4.54. The van der Waals surface area contributed by atoms with Gasteiger partial charge < -0.3 is 18.6 Å². The summed E-state index contributed by atoms with van der Waals surface area (Å²) in [6.07, 6.45) is 1.33. The fourth-order valence-corrected chi connectivity index (χ4v) is 3.87. The van der Waals surface area contributed by atoms with Crippen LogP contribution in [0.4, 0.5) is 5.69 Å². The summed E-state index contributed by atoms with van der Waals surface area (Å²) in [6, 6.07) is 12.7. The Bertz CT molecular complexity index is 1290. The van der Waals surface area contributed by atoms with Crippen molar-refractivity contribution in [3.63, 3.8) is 0 Å². The lowest BCUT2D eigenvalue weighted by molar-refractivity contribution is -0.126. The average molecular weight is 417 g/mol. The summed E-state index contributed by atoms with van der Waals surface area (Å²) in [5.74, 6) is -0.445. The van der Waals surface area contributed by atoms with Gasteiger partial charge in [-0.3, -0.25) is 4.79 Å². The molecule has 1 aliphatic rings. The Balaban J connectivity index is 1.44. The molecule has 31 heavy (non-hydrogen) atoms. The topological polar surface area (TPSA) is 98.7 Å². The SMILES string of the molecule is Cc1noc2nc(-c3ccco3)cc(C(=O)O[C@@H](C)C(=O)N3CCc4ccccc43)c12. The number of anilines is 1. The zero-order chi connectivity index (χ0) is 21.5. The van der Waals surface area contributed by atoms with Gasteiger partial charge in [0, 0.05) is 12.2 Å². The maximum absolute atomic E-state index is 13.1. The number of carbonyl (C=O) groups is 2. The molecule has 0 bridgehead atoms. The second-order valence-corrected chi connectivity index (χ2v) is 7.40. The number of rotatable bonds is 4. The highest BCUT2D eigenvalue weighted by Gasteiger charge is 2.31. The zero-order valence-electron chi connectivity index (χ0n) is 17.0. The Morgan fingerprint density at radius 3 is 2.84 bits per heavy atom. The number of nitrogens with zero attached hydrogens (tertiary/aromatic N) is 3. The third-order valence-corrected chi connectivity index (χ3v) is 5.40. The minimum Gasteiger partial charge on any atom is -0.463 e. The molecule has 8 heteroatoms. The van der Waals surface area contributed by atoms with Gasteiger partial charge in [0.1, 0.15) is 5.69 Å². The summed E-state index contributed by atoms with van der Waals surface area (Å²) in [5.41, 5.74) is 3.30. The van der Waals surface area contributed by atoms with Gasteiger partial charge in [0.15, 0.2) is 11.9 Å². The van der Waals surface area contributed by atoms with Crippen molar-refractivity contribution in [3.05, 3.63) is 65.5 Å². The molecular formula is C23H19N3O5. The highest BCUT2D eigenvalue weighted by molar-refractivity contribution is 6.06. The largest absolute Gasteiger partial charge is 0.463 e. The molecule has 0 aliphatic carbocycles. The molecule has 0 N–H and O–H groups in total. The van der Waals surface area contributed by atoms with E-state index >= 15 is 0 Å². The van der Waals surface area contributed by atoms with Crippen molar-refractivity contribution < 1.29 is 23.3 Å². The van der Waals surface area contributed by atoms with Crippen LogP contribution in [0.3, 0.4) is 0 Å². The normalized spacial score (nSPS) is 13.9. The first-order chi connectivity index (χ1) is 15.0. The van der Waals surface area contributed by atoms with Crippen LogP contribution in [-0.2, 0) is 16.0 Å². The van der Waals surface area contributed by atoms with Crippen LogP contribution in [-0.4, -0.2) is 34.7 Å². The van der Waals surface area contributed by atoms with Crippen LogP contribution in [0.25, 0.3) is 22.6 Å². The lowest BCUT2D eigenvalue weighted by atomic mass is 10.1. The molecule has 3 aromatic heterocycles. The first-order valence-electron chi connectivity index (χ1n) is 9.94. The number of pyridine rings is 1. The van der Waals surface area contributed by atoms with E-state index in [1.54, 1.807) is 36.9 Å². The number of carbonyl (C=O) groups excluding carboxylic acids is 2. The fraction of sp³-hybridized carbons (Fsp3) is 0.217. The van der Waals surface area contributed by atoms with E-state index in [9.17, 15) is 9.59 Å². The Labute approximate surface area is 177 Å². The molecular weight excluding hydrogens is 398 g/mol. The fourth-order valence-electron chi connectivity index (χ4n) is 3.87. The van der Waals surface area contributed by atoms with E-state index in [2.05, 4.69) is 10.1 Å². The van der Waals surface area contributed by atoms with E-state index in [1.807, 2.05) is 24.3 Å². The summed E-state index contributed by atoms with van der Waals surface area (Å²) in [4.78, 5) is 32.1. The number of hydrogen-bond acceptors (Lipinski definition) is 7. The Hall–Kier alpha value is -3.94. The van der Waals surface area contributed by atoms with Gasteiger partial charge in [-0.25, -0.2) is 9.78 Å². The predicted molar refractivity (Wildman–Crippen MR) is 112 cm³/mol. The molecule has 0 unspecified atom stereocenters. The number of hydrogen-bond donors (Lipinski definition) is 0. The zero-order valence-corrected chi connectivity index (χ0v) is 17.0. The van der Waals surface area contributed by atoms with Crippen LogP contribution in [0.1, 0.15) is 28.5 Å².